The van der Waals surface area contributed by atoms with Gasteiger partial charge < -0.3 is 9.88 Å². The Labute approximate surface area is 156 Å². The van der Waals surface area contributed by atoms with Crippen LogP contribution in [0.2, 0.25) is 5.02 Å². The van der Waals surface area contributed by atoms with Gasteiger partial charge in [-0.1, -0.05) is 47.6 Å². The Kier molecular flexibility index (Phi) is 4.51. The molecule has 4 nitrogen and oxygen atoms in total. The number of amidine groups is 1. The predicted molar refractivity (Wildman–Crippen MR) is 107 cm³/mol. The molecule has 1 aliphatic rings. The third-order valence-electron chi connectivity index (χ3n) is 4.29. The van der Waals surface area contributed by atoms with Crippen LogP contribution in [-0.4, -0.2) is 27.5 Å². The fraction of sp³-hybridized carbons (Fsp3) is 0.158. The van der Waals surface area contributed by atoms with Crippen molar-refractivity contribution in [2.24, 2.45) is 4.99 Å². The van der Waals surface area contributed by atoms with Crippen LogP contribution in [0.5, 0.6) is 0 Å². The average molecular weight is 369 g/mol. The van der Waals surface area contributed by atoms with Crippen LogP contribution < -0.4 is 5.32 Å². The van der Waals surface area contributed by atoms with Gasteiger partial charge in [0, 0.05) is 16.3 Å². The molecule has 0 saturated heterocycles. The highest BCUT2D eigenvalue weighted by atomic mass is 35.5. The smallest absolute Gasteiger partial charge is 0.160 e. The van der Waals surface area contributed by atoms with Crippen molar-refractivity contribution in [1.82, 2.24) is 9.55 Å². The number of aliphatic imine (C=N–C) groups is 1. The molecule has 1 atom stereocenters. The third-order valence-corrected chi connectivity index (χ3v) is 5.16. The summed E-state index contributed by atoms with van der Waals surface area (Å²) in [4.78, 5) is 9.10. The topological polar surface area (TPSA) is 42.2 Å². The molecule has 2 aromatic carbocycles. The standard InChI is InChI=1S/C19H17ClN4S/c1-25-19(23-14-8-6-13(20)7-9-14)22-11-18-16-5-3-2-4-15(16)17-10-21-12-24(17)18/h2-10,12,18H,11H2,1H3,(H,22,23). The molecule has 0 bridgehead atoms. The quantitative estimate of drug-likeness (QED) is 0.526. The molecule has 0 amide bonds. The fourth-order valence-electron chi connectivity index (χ4n) is 3.10. The van der Waals surface area contributed by atoms with Crippen LogP contribution in [0.15, 0.2) is 66.0 Å². The second-order valence-electron chi connectivity index (χ2n) is 5.77. The van der Waals surface area contributed by atoms with Gasteiger partial charge in [-0.2, -0.15) is 0 Å². The summed E-state index contributed by atoms with van der Waals surface area (Å²) < 4.78 is 2.20. The summed E-state index contributed by atoms with van der Waals surface area (Å²) in [5.74, 6) is 0. The van der Waals surface area contributed by atoms with Gasteiger partial charge in [0.1, 0.15) is 0 Å². The number of rotatable bonds is 3. The minimum atomic E-state index is 0.183. The van der Waals surface area contributed by atoms with Crippen molar-refractivity contribution in [3.8, 4) is 11.3 Å². The van der Waals surface area contributed by atoms with E-state index in [9.17, 15) is 0 Å². The second-order valence-corrected chi connectivity index (χ2v) is 7.00. The molecule has 2 heterocycles. The van der Waals surface area contributed by atoms with E-state index >= 15 is 0 Å². The van der Waals surface area contributed by atoms with E-state index < -0.39 is 0 Å². The predicted octanol–water partition coefficient (Wildman–Crippen LogP) is 4.94. The molecule has 4 rings (SSSR count). The number of imidazole rings is 1. The van der Waals surface area contributed by atoms with Crippen LogP contribution in [0.4, 0.5) is 5.69 Å². The zero-order valence-corrected chi connectivity index (χ0v) is 15.3. The minimum Gasteiger partial charge on any atom is -0.335 e. The molecule has 6 heteroatoms. The van der Waals surface area contributed by atoms with E-state index in [-0.39, 0.29) is 6.04 Å². The van der Waals surface area contributed by atoms with Crippen LogP contribution in [0.1, 0.15) is 11.6 Å². The molecule has 1 aliphatic heterocycles. The number of hydrogen-bond donors (Lipinski definition) is 1. The summed E-state index contributed by atoms with van der Waals surface area (Å²) >= 11 is 7.54. The molecular weight excluding hydrogens is 352 g/mol. The van der Waals surface area contributed by atoms with Gasteiger partial charge in [0.15, 0.2) is 5.17 Å². The first-order valence-electron chi connectivity index (χ1n) is 7.98. The zero-order chi connectivity index (χ0) is 17.2. The number of nitrogens with zero attached hydrogens (tertiary/aromatic N) is 3. The van der Waals surface area contributed by atoms with Crippen molar-refractivity contribution in [3.05, 3.63) is 71.6 Å². The number of fused-ring (bicyclic) bond motifs is 3. The number of thioether (sulfide) groups is 1. The highest BCUT2D eigenvalue weighted by Gasteiger charge is 2.27. The Balaban J connectivity index is 1.57. The summed E-state index contributed by atoms with van der Waals surface area (Å²) in [6.45, 7) is 0.664. The van der Waals surface area contributed by atoms with E-state index in [2.05, 4.69) is 39.1 Å². The third kappa shape index (κ3) is 3.17. The van der Waals surface area contributed by atoms with Crippen molar-refractivity contribution in [3.63, 3.8) is 0 Å². The molecule has 3 aromatic rings. The molecule has 0 fully saturated rings. The fourth-order valence-corrected chi connectivity index (χ4v) is 3.65. The lowest BCUT2D eigenvalue weighted by Gasteiger charge is -2.14. The molecule has 0 radical (unpaired) electrons. The lowest BCUT2D eigenvalue weighted by molar-refractivity contribution is 0.624. The van der Waals surface area contributed by atoms with Crippen LogP contribution >= 0.6 is 23.4 Å². The van der Waals surface area contributed by atoms with Crippen LogP contribution in [-0.2, 0) is 0 Å². The van der Waals surface area contributed by atoms with Gasteiger partial charge in [-0.3, -0.25) is 4.99 Å². The molecule has 25 heavy (non-hydrogen) atoms. The summed E-state index contributed by atoms with van der Waals surface area (Å²) in [6, 6.07) is 16.3. The maximum Gasteiger partial charge on any atom is 0.160 e. The van der Waals surface area contributed by atoms with Crippen LogP contribution in [0.3, 0.4) is 0 Å². The van der Waals surface area contributed by atoms with E-state index in [1.165, 1.54) is 11.1 Å². The monoisotopic (exact) mass is 368 g/mol. The largest absolute Gasteiger partial charge is 0.335 e. The Bertz CT molecular complexity index is 917. The molecule has 0 aliphatic carbocycles. The summed E-state index contributed by atoms with van der Waals surface area (Å²) in [6.07, 6.45) is 5.83. The molecule has 1 N–H and O–H groups in total. The van der Waals surface area contributed by atoms with E-state index in [0.29, 0.717) is 6.54 Å². The molecule has 1 aromatic heterocycles. The number of hydrogen-bond acceptors (Lipinski definition) is 3. The lowest BCUT2D eigenvalue weighted by Crippen LogP contribution is -2.13. The van der Waals surface area contributed by atoms with Crippen molar-refractivity contribution in [1.29, 1.82) is 0 Å². The van der Waals surface area contributed by atoms with Gasteiger partial charge in [0.25, 0.3) is 0 Å². The Hall–Kier alpha value is -2.24. The number of benzene rings is 2. The van der Waals surface area contributed by atoms with E-state index in [4.69, 9.17) is 16.6 Å². The molecule has 0 saturated carbocycles. The van der Waals surface area contributed by atoms with Gasteiger partial charge in [-0.15, -0.1) is 0 Å². The van der Waals surface area contributed by atoms with Crippen molar-refractivity contribution < 1.29 is 0 Å². The summed E-state index contributed by atoms with van der Waals surface area (Å²) in [7, 11) is 0. The van der Waals surface area contributed by atoms with Crippen LogP contribution in [0, 0.1) is 0 Å². The Morgan fingerprint density at radius 3 is 2.84 bits per heavy atom. The molecular formula is C19H17ClN4S. The highest BCUT2D eigenvalue weighted by molar-refractivity contribution is 8.13. The number of nitrogens with one attached hydrogen (secondary N) is 1. The first-order valence-corrected chi connectivity index (χ1v) is 9.58. The van der Waals surface area contributed by atoms with Gasteiger partial charge in [0.05, 0.1) is 30.8 Å². The maximum atomic E-state index is 5.94. The van der Waals surface area contributed by atoms with E-state index in [0.717, 1.165) is 21.6 Å². The second kappa shape index (κ2) is 6.94. The molecule has 0 spiro atoms. The number of halogens is 1. The normalized spacial score (nSPS) is 15.8. The first kappa shape index (κ1) is 16.2. The first-order chi connectivity index (χ1) is 12.3. The molecule has 1 unspecified atom stereocenters. The van der Waals surface area contributed by atoms with E-state index in [1.54, 1.807) is 11.8 Å². The maximum absolute atomic E-state index is 5.94. The highest BCUT2D eigenvalue weighted by Crippen LogP contribution is 2.39. The lowest BCUT2D eigenvalue weighted by atomic mass is 10.0. The Morgan fingerprint density at radius 1 is 1.24 bits per heavy atom. The summed E-state index contributed by atoms with van der Waals surface area (Å²) in [5.41, 5.74) is 4.69. The van der Waals surface area contributed by atoms with Crippen molar-refractivity contribution in [2.45, 2.75) is 6.04 Å². The number of aromatic nitrogens is 2. The van der Waals surface area contributed by atoms with Gasteiger partial charge in [-0.25, -0.2) is 4.98 Å². The van der Waals surface area contributed by atoms with Gasteiger partial charge in [0.2, 0.25) is 0 Å². The summed E-state index contributed by atoms with van der Waals surface area (Å²) in [5, 5.41) is 4.96. The minimum absolute atomic E-state index is 0.183. The Morgan fingerprint density at radius 2 is 2.04 bits per heavy atom. The van der Waals surface area contributed by atoms with E-state index in [1.807, 2.05) is 43.0 Å². The van der Waals surface area contributed by atoms with Crippen molar-refractivity contribution in [2.75, 3.05) is 18.1 Å². The van der Waals surface area contributed by atoms with Crippen LogP contribution in [0.25, 0.3) is 11.3 Å². The SMILES string of the molecule is CS/C(=N\CC1c2ccccc2-c2cncn21)Nc1ccc(Cl)cc1. The average Bonchev–Trinajstić information content (AvgIpc) is 3.22. The molecule has 126 valence electrons. The van der Waals surface area contributed by atoms with Gasteiger partial charge in [-0.05, 0) is 36.1 Å². The number of anilines is 1. The zero-order valence-electron chi connectivity index (χ0n) is 13.7. The van der Waals surface area contributed by atoms with Gasteiger partial charge >= 0.3 is 0 Å². The van der Waals surface area contributed by atoms with Crippen molar-refractivity contribution >= 4 is 34.2 Å².